The zero-order chi connectivity index (χ0) is 28.3. The van der Waals surface area contributed by atoms with Crippen molar-refractivity contribution in [2.24, 2.45) is 12.1 Å². The predicted molar refractivity (Wildman–Crippen MR) is 140 cm³/mol. The van der Waals surface area contributed by atoms with Crippen molar-refractivity contribution in [1.29, 1.82) is 0 Å². The zero-order valence-corrected chi connectivity index (χ0v) is 21.1. The van der Waals surface area contributed by atoms with Gasteiger partial charge in [0.15, 0.2) is 5.69 Å². The van der Waals surface area contributed by atoms with Gasteiger partial charge in [-0.25, -0.2) is 4.79 Å². The lowest BCUT2D eigenvalue weighted by atomic mass is 10.0. The Morgan fingerprint density at radius 3 is 2.44 bits per heavy atom. The van der Waals surface area contributed by atoms with Crippen LogP contribution in [0.1, 0.15) is 41.4 Å². The van der Waals surface area contributed by atoms with E-state index in [-0.39, 0.29) is 17.3 Å². The molecule has 3 aromatic carbocycles. The number of aryl methyl sites for hydroxylation is 1. The fourth-order valence-electron chi connectivity index (χ4n) is 3.96. The molecule has 0 atom stereocenters. The average molecular weight is 540 g/mol. The second kappa shape index (κ2) is 10.9. The standard InChI is InChI=1S/C27H24F3N5O4/c1-16(2)20-6-4-5-7-22(20)35(26(37)38)31-15-17-8-13-21-23(14-17)34(3)33-24(21)25(36)32-18-9-11-19(12-10-18)39-27(28,29)30/h4-16H,1-3H3,(H,32,36)(H,37,38)/b31-15+. The van der Waals surface area contributed by atoms with E-state index in [4.69, 9.17) is 0 Å². The van der Waals surface area contributed by atoms with Crippen LogP contribution in [-0.4, -0.2) is 39.5 Å². The van der Waals surface area contributed by atoms with E-state index in [0.29, 0.717) is 22.2 Å². The smallest absolute Gasteiger partial charge is 0.463 e. The Morgan fingerprint density at radius 1 is 1.10 bits per heavy atom. The van der Waals surface area contributed by atoms with Crippen molar-refractivity contribution in [1.82, 2.24) is 9.78 Å². The minimum absolute atomic E-state index is 0.0831. The molecule has 0 spiro atoms. The van der Waals surface area contributed by atoms with Gasteiger partial charge in [0.1, 0.15) is 5.75 Å². The van der Waals surface area contributed by atoms with Crippen molar-refractivity contribution < 1.29 is 32.6 Å². The second-order valence-electron chi connectivity index (χ2n) is 8.83. The molecule has 202 valence electrons. The van der Waals surface area contributed by atoms with Crippen LogP contribution < -0.4 is 15.1 Å². The molecule has 0 bridgehead atoms. The minimum atomic E-state index is -4.81. The molecule has 0 unspecified atom stereocenters. The van der Waals surface area contributed by atoms with E-state index in [9.17, 15) is 27.9 Å². The summed E-state index contributed by atoms with van der Waals surface area (Å²) < 4.78 is 42.4. The number of nitrogens with one attached hydrogen (secondary N) is 1. The number of hydrogen-bond donors (Lipinski definition) is 2. The first-order valence-electron chi connectivity index (χ1n) is 11.7. The van der Waals surface area contributed by atoms with Gasteiger partial charge in [-0.2, -0.15) is 15.2 Å². The Hall–Kier alpha value is -4.87. The van der Waals surface area contributed by atoms with Gasteiger partial charge in [0.05, 0.1) is 17.4 Å². The van der Waals surface area contributed by atoms with E-state index in [1.165, 1.54) is 23.0 Å². The number of nitrogens with zero attached hydrogens (tertiary/aromatic N) is 4. The normalized spacial score (nSPS) is 11.8. The molecule has 4 aromatic rings. The molecule has 0 fully saturated rings. The van der Waals surface area contributed by atoms with Crippen LogP contribution in [0.4, 0.5) is 29.3 Å². The Labute approximate surface area is 221 Å². The lowest BCUT2D eigenvalue weighted by Gasteiger charge is -2.19. The van der Waals surface area contributed by atoms with Gasteiger partial charge >= 0.3 is 12.5 Å². The number of aromatic nitrogens is 2. The Bertz CT molecular complexity index is 1550. The average Bonchev–Trinajstić information content (AvgIpc) is 3.20. The van der Waals surface area contributed by atoms with Gasteiger partial charge < -0.3 is 15.2 Å². The highest BCUT2D eigenvalue weighted by atomic mass is 19.4. The van der Waals surface area contributed by atoms with Crippen LogP contribution in [-0.2, 0) is 7.05 Å². The summed E-state index contributed by atoms with van der Waals surface area (Å²) in [7, 11) is 1.64. The number of anilines is 2. The molecule has 2 N–H and O–H groups in total. The molecule has 0 radical (unpaired) electrons. The van der Waals surface area contributed by atoms with Crippen molar-refractivity contribution in [2.75, 3.05) is 10.3 Å². The Balaban J connectivity index is 1.56. The number of amides is 2. The third kappa shape index (κ3) is 6.35. The molecule has 12 heteroatoms. The first-order valence-corrected chi connectivity index (χ1v) is 11.7. The van der Waals surface area contributed by atoms with E-state index in [1.54, 1.807) is 37.4 Å². The Morgan fingerprint density at radius 2 is 1.79 bits per heavy atom. The quantitative estimate of drug-likeness (QED) is 0.210. The molecule has 0 saturated heterocycles. The van der Waals surface area contributed by atoms with E-state index < -0.39 is 24.1 Å². The van der Waals surface area contributed by atoms with Crippen LogP contribution in [0.15, 0.2) is 71.8 Å². The number of ether oxygens (including phenoxy) is 1. The van der Waals surface area contributed by atoms with Crippen LogP contribution in [0.25, 0.3) is 10.9 Å². The number of carboxylic acid groups (broad SMARTS) is 1. The molecule has 39 heavy (non-hydrogen) atoms. The molecular formula is C27H24F3N5O4. The lowest BCUT2D eigenvalue weighted by Crippen LogP contribution is -2.24. The molecule has 9 nitrogen and oxygen atoms in total. The highest BCUT2D eigenvalue weighted by Gasteiger charge is 2.31. The van der Waals surface area contributed by atoms with E-state index in [2.05, 4.69) is 20.3 Å². The number of para-hydroxylation sites is 1. The maximum atomic E-state index is 12.9. The summed E-state index contributed by atoms with van der Waals surface area (Å²) in [5.41, 5.74) is 2.80. The molecular weight excluding hydrogens is 515 g/mol. The fourth-order valence-corrected chi connectivity index (χ4v) is 3.96. The maximum Gasteiger partial charge on any atom is 0.573 e. The van der Waals surface area contributed by atoms with Gasteiger partial charge in [0, 0.05) is 18.1 Å². The third-order valence-electron chi connectivity index (χ3n) is 5.73. The number of alkyl halides is 3. The highest BCUT2D eigenvalue weighted by molar-refractivity contribution is 6.11. The first kappa shape index (κ1) is 27.2. The van der Waals surface area contributed by atoms with Crippen LogP contribution in [0.5, 0.6) is 5.75 Å². The van der Waals surface area contributed by atoms with Crippen molar-refractivity contribution in [3.63, 3.8) is 0 Å². The summed E-state index contributed by atoms with van der Waals surface area (Å²) in [6.45, 7) is 3.92. The fraction of sp³-hybridized carbons (Fsp3) is 0.185. The number of halogens is 3. The number of carbonyl (C=O) groups excluding carboxylic acids is 1. The first-order chi connectivity index (χ1) is 18.4. The van der Waals surface area contributed by atoms with Crippen molar-refractivity contribution in [2.45, 2.75) is 26.1 Å². The van der Waals surface area contributed by atoms with E-state index in [0.717, 1.165) is 22.7 Å². The Kier molecular flexibility index (Phi) is 7.56. The summed E-state index contributed by atoms with van der Waals surface area (Å²) in [6.07, 6.45) is -4.65. The van der Waals surface area contributed by atoms with Crippen LogP contribution >= 0.6 is 0 Å². The molecule has 1 aromatic heterocycles. The summed E-state index contributed by atoms with van der Waals surface area (Å²) in [4.78, 5) is 24.8. The summed E-state index contributed by atoms with van der Waals surface area (Å²) in [5, 5.41) is 22.3. The van der Waals surface area contributed by atoms with Gasteiger partial charge in [-0.05, 0) is 59.5 Å². The SMILES string of the molecule is CC(C)c1ccccc1N(/N=C/c1ccc2c(C(=O)Nc3ccc(OC(F)(F)F)cc3)nn(C)c2c1)C(=O)O. The minimum Gasteiger partial charge on any atom is -0.463 e. The van der Waals surface area contributed by atoms with E-state index >= 15 is 0 Å². The van der Waals surface area contributed by atoms with Crippen molar-refractivity contribution >= 4 is 40.5 Å². The van der Waals surface area contributed by atoms with Gasteiger partial charge in [-0.15, -0.1) is 13.2 Å². The van der Waals surface area contributed by atoms with Gasteiger partial charge in [0.2, 0.25) is 0 Å². The molecule has 4 rings (SSSR count). The van der Waals surface area contributed by atoms with Crippen LogP contribution in [0.3, 0.4) is 0 Å². The molecule has 2 amide bonds. The van der Waals surface area contributed by atoms with Gasteiger partial charge in [-0.3, -0.25) is 9.48 Å². The summed E-state index contributed by atoms with van der Waals surface area (Å²) in [5.74, 6) is -0.888. The highest BCUT2D eigenvalue weighted by Crippen LogP contribution is 2.28. The van der Waals surface area contributed by atoms with Crippen molar-refractivity contribution in [3.8, 4) is 5.75 Å². The molecule has 0 aliphatic carbocycles. The molecule has 0 aliphatic heterocycles. The van der Waals surface area contributed by atoms with Crippen molar-refractivity contribution in [3.05, 3.63) is 83.6 Å². The second-order valence-corrected chi connectivity index (χ2v) is 8.83. The number of carbonyl (C=O) groups is 2. The maximum absolute atomic E-state index is 12.9. The van der Waals surface area contributed by atoms with E-state index in [1.807, 2.05) is 26.0 Å². The number of benzene rings is 3. The summed E-state index contributed by atoms with van der Waals surface area (Å²) >= 11 is 0. The number of hydrazone groups is 1. The lowest BCUT2D eigenvalue weighted by molar-refractivity contribution is -0.274. The third-order valence-corrected chi connectivity index (χ3v) is 5.73. The molecule has 1 heterocycles. The number of hydrogen-bond acceptors (Lipinski definition) is 5. The largest absolute Gasteiger partial charge is 0.573 e. The molecule has 0 saturated carbocycles. The zero-order valence-electron chi connectivity index (χ0n) is 21.1. The van der Waals surface area contributed by atoms with Gasteiger partial charge in [0.25, 0.3) is 5.91 Å². The number of rotatable bonds is 7. The number of fused-ring (bicyclic) bond motifs is 1. The monoisotopic (exact) mass is 539 g/mol. The van der Waals surface area contributed by atoms with Crippen LogP contribution in [0, 0.1) is 0 Å². The summed E-state index contributed by atoms with van der Waals surface area (Å²) in [6, 6.07) is 16.9. The van der Waals surface area contributed by atoms with Crippen LogP contribution in [0.2, 0.25) is 0 Å². The van der Waals surface area contributed by atoms with Gasteiger partial charge in [-0.1, -0.05) is 38.1 Å². The molecule has 0 aliphatic rings. The predicted octanol–water partition coefficient (Wildman–Crippen LogP) is 6.37. The topological polar surface area (TPSA) is 109 Å².